The molecule has 1 aromatic carbocycles. The zero-order chi connectivity index (χ0) is 11.7. The molecule has 0 aliphatic rings. The van der Waals surface area contributed by atoms with E-state index in [1.54, 1.807) is 11.6 Å². The number of hydrogen-bond acceptors (Lipinski definition) is 2. The SMILES string of the molecule is Cn1cnc(C(O)c2c(F)cccc2F)c1. The molecule has 1 atom stereocenters. The van der Waals surface area contributed by atoms with Crippen LogP contribution >= 0.6 is 0 Å². The highest BCUT2D eigenvalue weighted by Crippen LogP contribution is 2.25. The Morgan fingerprint density at radius 1 is 1.31 bits per heavy atom. The van der Waals surface area contributed by atoms with Crippen LogP contribution in [0.1, 0.15) is 17.4 Å². The van der Waals surface area contributed by atoms with Gasteiger partial charge in [0, 0.05) is 13.2 Å². The minimum absolute atomic E-state index is 0.214. The standard InChI is InChI=1S/C11H10F2N2O/c1-15-5-9(14-6-15)11(16)10-7(12)3-2-4-8(10)13/h2-6,11,16H,1H3. The van der Waals surface area contributed by atoms with Gasteiger partial charge in [-0.3, -0.25) is 0 Å². The highest BCUT2D eigenvalue weighted by molar-refractivity contribution is 5.27. The van der Waals surface area contributed by atoms with Crippen LogP contribution in [0.25, 0.3) is 0 Å². The number of rotatable bonds is 2. The highest BCUT2D eigenvalue weighted by Gasteiger charge is 2.21. The molecule has 1 aromatic heterocycles. The lowest BCUT2D eigenvalue weighted by atomic mass is 10.1. The number of halogens is 2. The number of benzene rings is 1. The molecule has 16 heavy (non-hydrogen) atoms. The van der Waals surface area contributed by atoms with E-state index in [1.807, 2.05) is 0 Å². The average molecular weight is 224 g/mol. The van der Waals surface area contributed by atoms with E-state index in [0.717, 1.165) is 12.1 Å². The van der Waals surface area contributed by atoms with Gasteiger partial charge in [0.05, 0.1) is 17.6 Å². The molecule has 84 valence electrons. The summed E-state index contributed by atoms with van der Waals surface area (Å²) in [6.07, 6.45) is 1.58. The van der Waals surface area contributed by atoms with E-state index >= 15 is 0 Å². The van der Waals surface area contributed by atoms with Crippen LogP contribution in [0.15, 0.2) is 30.7 Å². The van der Waals surface area contributed by atoms with Crippen molar-refractivity contribution in [2.24, 2.45) is 7.05 Å². The maximum atomic E-state index is 13.4. The zero-order valence-electron chi connectivity index (χ0n) is 8.56. The van der Waals surface area contributed by atoms with Crippen molar-refractivity contribution in [1.82, 2.24) is 9.55 Å². The van der Waals surface area contributed by atoms with Crippen molar-refractivity contribution in [3.8, 4) is 0 Å². The smallest absolute Gasteiger partial charge is 0.132 e. The molecule has 0 amide bonds. The summed E-state index contributed by atoms with van der Waals surface area (Å²) in [6, 6.07) is 3.45. The number of aromatic nitrogens is 2. The lowest BCUT2D eigenvalue weighted by Gasteiger charge is -2.10. The van der Waals surface area contributed by atoms with Crippen LogP contribution in [-0.2, 0) is 7.05 Å². The number of nitrogens with zero attached hydrogens (tertiary/aromatic N) is 2. The van der Waals surface area contributed by atoms with Crippen molar-refractivity contribution in [2.75, 3.05) is 0 Å². The molecule has 0 fully saturated rings. The Bertz CT molecular complexity index is 490. The van der Waals surface area contributed by atoms with Crippen LogP contribution < -0.4 is 0 Å². The van der Waals surface area contributed by atoms with Crippen molar-refractivity contribution >= 4 is 0 Å². The van der Waals surface area contributed by atoms with E-state index in [4.69, 9.17) is 0 Å². The Labute approximate surface area is 91.0 Å². The minimum atomic E-state index is -1.39. The van der Waals surface area contributed by atoms with Crippen LogP contribution in [0.2, 0.25) is 0 Å². The van der Waals surface area contributed by atoms with Gasteiger partial charge in [-0.1, -0.05) is 6.07 Å². The Kier molecular flexibility index (Phi) is 2.70. The van der Waals surface area contributed by atoms with E-state index < -0.39 is 17.7 Å². The van der Waals surface area contributed by atoms with Crippen molar-refractivity contribution in [3.05, 3.63) is 53.6 Å². The van der Waals surface area contributed by atoms with Crippen LogP contribution in [-0.4, -0.2) is 14.7 Å². The van der Waals surface area contributed by atoms with Gasteiger partial charge in [0.15, 0.2) is 0 Å². The van der Waals surface area contributed by atoms with E-state index in [-0.39, 0.29) is 11.3 Å². The number of aliphatic hydroxyl groups excluding tert-OH is 1. The number of aliphatic hydroxyl groups is 1. The summed E-state index contributed by atoms with van der Waals surface area (Å²) in [5.74, 6) is -1.56. The molecule has 0 aliphatic heterocycles. The predicted molar refractivity (Wildman–Crippen MR) is 53.6 cm³/mol. The highest BCUT2D eigenvalue weighted by atomic mass is 19.1. The molecular formula is C11H10F2N2O. The van der Waals surface area contributed by atoms with Gasteiger partial charge >= 0.3 is 0 Å². The molecule has 2 aromatic rings. The Hall–Kier alpha value is -1.75. The summed E-state index contributed by atoms with van der Waals surface area (Å²) in [5.41, 5.74) is -0.160. The molecular weight excluding hydrogens is 214 g/mol. The van der Waals surface area contributed by atoms with Crippen LogP contribution in [0, 0.1) is 11.6 Å². The molecule has 1 heterocycles. The van der Waals surface area contributed by atoms with Crippen molar-refractivity contribution in [2.45, 2.75) is 6.10 Å². The summed E-state index contributed by atoms with van der Waals surface area (Å²) < 4.78 is 28.3. The normalized spacial score (nSPS) is 12.8. The quantitative estimate of drug-likeness (QED) is 0.844. The molecule has 1 unspecified atom stereocenters. The predicted octanol–water partition coefficient (Wildman–Crippen LogP) is 1.78. The van der Waals surface area contributed by atoms with Gasteiger partial charge in [-0.05, 0) is 12.1 Å². The van der Waals surface area contributed by atoms with Gasteiger partial charge in [0.1, 0.15) is 17.7 Å². The fraction of sp³-hybridized carbons (Fsp3) is 0.182. The van der Waals surface area contributed by atoms with Gasteiger partial charge in [0.25, 0.3) is 0 Å². The second-order valence-electron chi connectivity index (χ2n) is 3.50. The van der Waals surface area contributed by atoms with Crippen LogP contribution in [0.5, 0.6) is 0 Å². The first-order valence-corrected chi connectivity index (χ1v) is 4.69. The summed E-state index contributed by atoms with van der Waals surface area (Å²) >= 11 is 0. The van der Waals surface area contributed by atoms with Gasteiger partial charge < -0.3 is 9.67 Å². The largest absolute Gasteiger partial charge is 0.382 e. The topological polar surface area (TPSA) is 38.0 Å². The fourth-order valence-corrected chi connectivity index (χ4v) is 1.49. The number of imidazole rings is 1. The number of hydrogen-bond donors (Lipinski definition) is 1. The lowest BCUT2D eigenvalue weighted by Crippen LogP contribution is -2.06. The third kappa shape index (κ3) is 1.81. The van der Waals surface area contributed by atoms with Crippen molar-refractivity contribution < 1.29 is 13.9 Å². The first-order valence-electron chi connectivity index (χ1n) is 4.69. The van der Waals surface area contributed by atoms with E-state index in [2.05, 4.69) is 4.98 Å². The lowest BCUT2D eigenvalue weighted by molar-refractivity contribution is 0.204. The van der Waals surface area contributed by atoms with E-state index in [0.29, 0.717) is 0 Å². The molecule has 0 saturated carbocycles. The number of aryl methyl sites for hydroxylation is 1. The average Bonchev–Trinajstić information content (AvgIpc) is 2.64. The van der Waals surface area contributed by atoms with Gasteiger partial charge in [-0.25, -0.2) is 13.8 Å². The molecule has 3 nitrogen and oxygen atoms in total. The summed E-state index contributed by atoms with van der Waals surface area (Å²) in [6.45, 7) is 0. The molecule has 5 heteroatoms. The maximum absolute atomic E-state index is 13.4. The first kappa shape index (κ1) is 10.8. The monoisotopic (exact) mass is 224 g/mol. The third-order valence-electron chi connectivity index (χ3n) is 2.28. The Morgan fingerprint density at radius 3 is 2.44 bits per heavy atom. The molecule has 0 bridgehead atoms. The van der Waals surface area contributed by atoms with E-state index in [9.17, 15) is 13.9 Å². The second kappa shape index (κ2) is 4.02. The molecule has 0 saturated heterocycles. The van der Waals surface area contributed by atoms with Gasteiger partial charge in [0.2, 0.25) is 0 Å². The van der Waals surface area contributed by atoms with Gasteiger partial charge in [-0.2, -0.15) is 0 Å². The summed E-state index contributed by atoms with van der Waals surface area (Å²) in [5, 5.41) is 9.81. The Morgan fingerprint density at radius 2 is 1.94 bits per heavy atom. The summed E-state index contributed by atoms with van der Waals surface area (Å²) in [4.78, 5) is 3.85. The third-order valence-corrected chi connectivity index (χ3v) is 2.28. The first-order chi connectivity index (χ1) is 7.59. The molecule has 2 rings (SSSR count). The zero-order valence-corrected chi connectivity index (χ0v) is 8.56. The van der Waals surface area contributed by atoms with E-state index in [1.165, 1.54) is 18.6 Å². The second-order valence-corrected chi connectivity index (χ2v) is 3.50. The molecule has 1 N–H and O–H groups in total. The molecule has 0 spiro atoms. The Balaban J connectivity index is 2.45. The summed E-state index contributed by atoms with van der Waals surface area (Å²) in [7, 11) is 1.71. The van der Waals surface area contributed by atoms with Crippen molar-refractivity contribution in [3.63, 3.8) is 0 Å². The maximum Gasteiger partial charge on any atom is 0.132 e. The van der Waals surface area contributed by atoms with Crippen molar-refractivity contribution in [1.29, 1.82) is 0 Å². The van der Waals surface area contributed by atoms with Crippen LogP contribution in [0.3, 0.4) is 0 Å². The molecule has 0 radical (unpaired) electrons. The minimum Gasteiger partial charge on any atom is -0.382 e. The van der Waals surface area contributed by atoms with Gasteiger partial charge in [-0.15, -0.1) is 0 Å². The fourth-order valence-electron chi connectivity index (χ4n) is 1.49. The van der Waals surface area contributed by atoms with Crippen LogP contribution in [0.4, 0.5) is 8.78 Å². The molecule has 0 aliphatic carbocycles.